The third kappa shape index (κ3) is 2.03. The van der Waals surface area contributed by atoms with Gasteiger partial charge in [-0.05, 0) is 61.9 Å². The van der Waals surface area contributed by atoms with Gasteiger partial charge in [-0.1, -0.05) is 15.9 Å². The van der Waals surface area contributed by atoms with E-state index in [0.717, 1.165) is 27.8 Å². The number of amides is 3. The molecule has 2 aromatic carbocycles. The third-order valence-corrected chi connectivity index (χ3v) is 7.53. The number of hydrogen-bond donors (Lipinski definition) is 1. The van der Waals surface area contributed by atoms with Gasteiger partial charge in [-0.15, -0.1) is 0 Å². The SMILES string of the molecule is O=C1[C@@H]2[C@@H]3CCCN3[C@@]3(C(=O)Nc4ccc(Br)cc43)[C@H]2C(=O)N1c1ccc(F)cc1. The second kappa shape index (κ2) is 5.98. The molecule has 0 unspecified atom stereocenters. The number of imide groups is 1. The van der Waals surface area contributed by atoms with Crippen LogP contribution >= 0.6 is 15.9 Å². The van der Waals surface area contributed by atoms with E-state index in [0.29, 0.717) is 17.9 Å². The van der Waals surface area contributed by atoms with Crippen LogP contribution in [-0.4, -0.2) is 35.2 Å². The Morgan fingerprint density at radius 2 is 1.83 bits per heavy atom. The second-order valence-corrected chi connectivity index (χ2v) is 9.22. The van der Waals surface area contributed by atoms with Crippen LogP contribution in [0.5, 0.6) is 0 Å². The molecule has 6 nitrogen and oxygen atoms in total. The van der Waals surface area contributed by atoms with Crippen molar-refractivity contribution in [3.63, 3.8) is 0 Å². The average molecular weight is 470 g/mol. The van der Waals surface area contributed by atoms with Crippen molar-refractivity contribution in [2.45, 2.75) is 24.4 Å². The standard InChI is InChI=1S/C22H17BrFN3O3/c23-11-3-8-15-14(10-11)22(21(30)25-15)18-17(16-2-1-9-26(16)22)19(28)27(20(18)29)13-6-4-12(24)5-7-13/h3-8,10,16-18H,1-2,9H2,(H,25,30)/t16-,17+,18+,22+/m0/s1. The van der Waals surface area contributed by atoms with Crippen LogP contribution in [0.2, 0.25) is 0 Å². The minimum atomic E-state index is -1.20. The summed E-state index contributed by atoms with van der Waals surface area (Å²) in [6, 6.07) is 10.7. The molecule has 4 aliphatic rings. The van der Waals surface area contributed by atoms with Crippen molar-refractivity contribution in [2.75, 3.05) is 16.8 Å². The molecule has 0 saturated carbocycles. The molecule has 3 saturated heterocycles. The van der Waals surface area contributed by atoms with Gasteiger partial charge in [0.1, 0.15) is 11.4 Å². The van der Waals surface area contributed by atoms with Crippen LogP contribution in [-0.2, 0) is 19.9 Å². The highest BCUT2D eigenvalue weighted by molar-refractivity contribution is 9.10. The van der Waals surface area contributed by atoms with Gasteiger partial charge >= 0.3 is 0 Å². The van der Waals surface area contributed by atoms with Gasteiger partial charge in [0.2, 0.25) is 17.7 Å². The van der Waals surface area contributed by atoms with Gasteiger partial charge in [0.15, 0.2) is 0 Å². The lowest BCUT2D eigenvalue weighted by atomic mass is 9.75. The first kappa shape index (κ1) is 18.2. The molecule has 2 aromatic rings. The zero-order valence-corrected chi connectivity index (χ0v) is 17.4. The Morgan fingerprint density at radius 1 is 1.07 bits per heavy atom. The summed E-state index contributed by atoms with van der Waals surface area (Å²) in [7, 11) is 0. The fourth-order valence-electron chi connectivity index (χ4n) is 6.02. The number of halogens is 2. The summed E-state index contributed by atoms with van der Waals surface area (Å²) in [6.45, 7) is 0.661. The van der Waals surface area contributed by atoms with Gasteiger partial charge in [0.05, 0.1) is 17.5 Å². The van der Waals surface area contributed by atoms with E-state index in [-0.39, 0.29) is 17.9 Å². The van der Waals surface area contributed by atoms with Gasteiger partial charge in [0.25, 0.3) is 0 Å². The smallest absolute Gasteiger partial charge is 0.250 e. The lowest BCUT2D eigenvalue weighted by molar-refractivity contribution is -0.135. The maximum Gasteiger partial charge on any atom is 0.250 e. The fourth-order valence-corrected chi connectivity index (χ4v) is 6.38. The van der Waals surface area contributed by atoms with Crippen molar-refractivity contribution in [2.24, 2.45) is 11.8 Å². The molecular weight excluding hydrogens is 453 g/mol. The topological polar surface area (TPSA) is 69.7 Å². The number of fused-ring (bicyclic) bond motifs is 7. The number of hydrogen-bond acceptors (Lipinski definition) is 4. The molecule has 6 rings (SSSR count). The second-order valence-electron chi connectivity index (χ2n) is 8.31. The van der Waals surface area contributed by atoms with Gasteiger partial charge in [-0.2, -0.15) is 0 Å². The lowest BCUT2D eigenvalue weighted by Crippen LogP contribution is -2.54. The molecule has 1 N–H and O–H groups in total. The minimum Gasteiger partial charge on any atom is -0.324 e. The summed E-state index contributed by atoms with van der Waals surface area (Å²) in [5.74, 6) is -2.80. The van der Waals surface area contributed by atoms with Crippen molar-refractivity contribution >= 4 is 45.0 Å². The fraction of sp³-hybridized carbons (Fsp3) is 0.318. The van der Waals surface area contributed by atoms with E-state index in [4.69, 9.17) is 0 Å². The number of rotatable bonds is 1. The Balaban J connectivity index is 1.56. The van der Waals surface area contributed by atoms with Crippen LogP contribution in [0.15, 0.2) is 46.9 Å². The van der Waals surface area contributed by atoms with Crippen molar-refractivity contribution in [3.05, 3.63) is 58.3 Å². The molecule has 8 heteroatoms. The van der Waals surface area contributed by atoms with Crippen LogP contribution < -0.4 is 10.2 Å². The number of carbonyl (C=O) groups excluding carboxylic acids is 3. The summed E-state index contributed by atoms with van der Waals surface area (Å²) in [5.41, 5.74) is 0.554. The predicted molar refractivity (Wildman–Crippen MR) is 110 cm³/mol. The maximum atomic E-state index is 13.7. The zero-order valence-electron chi connectivity index (χ0n) is 15.8. The van der Waals surface area contributed by atoms with Crippen molar-refractivity contribution in [1.82, 2.24) is 4.90 Å². The minimum absolute atomic E-state index is 0.174. The monoisotopic (exact) mass is 469 g/mol. The molecule has 4 atom stereocenters. The van der Waals surface area contributed by atoms with E-state index in [1.165, 1.54) is 24.3 Å². The zero-order chi connectivity index (χ0) is 20.8. The molecule has 3 fully saturated rings. The number of nitrogens with zero attached hydrogens (tertiary/aromatic N) is 2. The highest BCUT2D eigenvalue weighted by Gasteiger charge is 2.74. The Hall–Kier alpha value is -2.58. The predicted octanol–water partition coefficient (Wildman–Crippen LogP) is 3.02. The van der Waals surface area contributed by atoms with Crippen LogP contribution in [0, 0.1) is 17.7 Å². The molecule has 0 radical (unpaired) electrons. The van der Waals surface area contributed by atoms with E-state index in [1.54, 1.807) is 0 Å². The molecule has 4 aliphatic heterocycles. The van der Waals surface area contributed by atoms with Gasteiger partial charge in [-0.25, -0.2) is 9.29 Å². The van der Waals surface area contributed by atoms with Gasteiger partial charge < -0.3 is 5.32 Å². The summed E-state index contributed by atoms with van der Waals surface area (Å²) >= 11 is 3.49. The highest BCUT2D eigenvalue weighted by Crippen LogP contribution is 2.60. The largest absolute Gasteiger partial charge is 0.324 e. The molecule has 4 heterocycles. The van der Waals surface area contributed by atoms with Crippen LogP contribution in [0.25, 0.3) is 0 Å². The summed E-state index contributed by atoms with van der Waals surface area (Å²) in [6.07, 6.45) is 1.63. The van der Waals surface area contributed by atoms with Crippen molar-refractivity contribution in [3.8, 4) is 0 Å². The maximum absolute atomic E-state index is 13.7. The first-order chi connectivity index (χ1) is 14.4. The first-order valence-electron chi connectivity index (χ1n) is 9.96. The normalized spacial score (nSPS) is 32.0. The Labute approximate surface area is 180 Å². The average Bonchev–Trinajstić information content (AvgIpc) is 3.42. The molecular formula is C22H17BrFN3O3. The third-order valence-electron chi connectivity index (χ3n) is 7.04. The summed E-state index contributed by atoms with van der Waals surface area (Å²) < 4.78 is 14.2. The van der Waals surface area contributed by atoms with E-state index in [1.807, 2.05) is 18.2 Å². The molecule has 0 aromatic heterocycles. The Morgan fingerprint density at radius 3 is 2.60 bits per heavy atom. The lowest BCUT2D eigenvalue weighted by Gasteiger charge is -2.36. The van der Waals surface area contributed by atoms with E-state index in [2.05, 4.69) is 26.1 Å². The van der Waals surface area contributed by atoms with E-state index >= 15 is 0 Å². The number of nitrogens with one attached hydrogen (secondary N) is 1. The molecule has 0 bridgehead atoms. The summed E-state index contributed by atoms with van der Waals surface area (Å²) in [4.78, 5) is 43.9. The number of benzene rings is 2. The molecule has 1 spiro atoms. The summed E-state index contributed by atoms with van der Waals surface area (Å²) in [5, 5.41) is 2.95. The molecule has 152 valence electrons. The first-order valence-corrected chi connectivity index (χ1v) is 10.8. The Bertz CT molecular complexity index is 1140. The van der Waals surface area contributed by atoms with Crippen LogP contribution in [0.3, 0.4) is 0 Å². The number of carbonyl (C=O) groups is 3. The van der Waals surface area contributed by atoms with Gasteiger partial charge in [-0.3, -0.25) is 19.3 Å². The van der Waals surface area contributed by atoms with Crippen molar-refractivity contribution in [1.29, 1.82) is 0 Å². The van der Waals surface area contributed by atoms with E-state index in [9.17, 15) is 18.8 Å². The molecule has 0 aliphatic carbocycles. The van der Waals surface area contributed by atoms with Crippen molar-refractivity contribution < 1.29 is 18.8 Å². The molecule has 3 amide bonds. The molecule has 30 heavy (non-hydrogen) atoms. The Kier molecular flexibility index (Phi) is 3.63. The van der Waals surface area contributed by atoms with Gasteiger partial charge in [0, 0.05) is 21.8 Å². The van der Waals surface area contributed by atoms with Crippen LogP contribution in [0.1, 0.15) is 18.4 Å². The highest BCUT2D eigenvalue weighted by atomic mass is 79.9. The quantitative estimate of drug-likeness (QED) is 0.651. The van der Waals surface area contributed by atoms with Crippen LogP contribution in [0.4, 0.5) is 15.8 Å². The number of anilines is 2. The van der Waals surface area contributed by atoms with E-state index < -0.39 is 29.1 Å².